The van der Waals surface area contributed by atoms with Gasteiger partial charge in [-0.3, -0.25) is 4.79 Å². The molecule has 1 aromatic carbocycles. The smallest absolute Gasteiger partial charge is 0.314 e. The van der Waals surface area contributed by atoms with Crippen molar-refractivity contribution in [3.05, 3.63) is 51.9 Å². The van der Waals surface area contributed by atoms with Crippen molar-refractivity contribution in [1.29, 1.82) is 0 Å². The van der Waals surface area contributed by atoms with Gasteiger partial charge in [0.05, 0.1) is 0 Å². The summed E-state index contributed by atoms with van der Waals surface area (Å²) in [7, 11) is 0. The second-order valence-electron chi connectivity index (χ2n) is 5.71. The molecule has 0 unspecified atom stereocenters. The second kappa shape index (κ2) is 7.25. The predicted molar refractivity (Wildman–Crippen MR) is 100 cm³/mol. The standard InChI is InChI=1S/C17H19IN4O2/c18-13-4-1-5-14(12-13)22-9-2-6-15(22)16(23)20-7-3-8-21(11-10-20)17(19)24/h1-2,4-6,9,12H,3,7-8,10-11H2,(H2,19,24). The summed E-state index contributed by atoms with van der Waals surface area (Å²) in [5.74, 6) is -0.0230. The van der Waals surface area contributed by atoms with Crippen LogP contribution >= 0.6 is 22.6 Å². The van der Waals surface area contributed by atoms with E-state index in [9.17, 15) is 9.59 Å². The molecule has 2 N–H and O–H groups in total. The average Bonchev–Trinajstić information content (AvgIpc) is 2.91. The molecule has 1 saturated heterocycles. The number of nitrogens with zero attached hydrogens (tertiary/aromatic N) is 3. The summed E-state index contributed by atoms with van der Waals surface area (Å²) in [6, 6.07) is 11.3. The Bertz CT molecular complexity index is 759. The monoisotopic (exact) mass is 438 g/mol. The molecule has 24 heavy (non-hydrogen) atoms. The Kier molecular flexibility index (Phi) is 5.08. The van der Waals surface area contributed by atoms with Crippen LogP contribution in [0, 0.1) is 3.57 Å². The molecule has 0 spiro atoms. The Balaban J connectivity index is 1.81. The van der Waals surface area contributed by atoms with E-state index in [1.54, 1.807) is 9.80 Å². The van der Waals surface area contributed by atoms with Crippen molar-refractivity contribution in [3.63, 3.8) is 0 Å². The first-order valence-corrected chi connectivity index (χ1v) is 8.91. The van der Waals surface area contributed by atoms with Crippen LogP contribution in [0.25, 0.3) is 5.69 Å². The Morgan fingerprint density at radius 1 is 1.00 bits per heavy atom. The average molecular weight is 438 g/mol. The van der Waals surface area contributed by atoms with Gasteiger partial charge in [0.1, 0.15) is 5.69 Å². The van der Waals surface area contributed by atoms with Gasteiger partial charge >= 0.3 is 6.03 Å². The molecule has 3 amide bonds. The minimum Gasteiger partial charge on any atom is -0.351 e. The van der Waals surface area contributed by atoms with Crippen molar-refractivity contribution in [2.75, 3.05) is 26.2 Å². The van der Waals surface area contributed by atoms with Gasteiger partial charge in [0.2, 0.25) is 0 Å². The zero-order valence-corrected chi connectivity index (χ0v) is 15.3. The van der Waals surface area contributed by atoms with E-state index in [-0.39, 0.29) is 5.91 Å². The first-order valence-electron chi connectivity index (χ1n) is 7.83. The molecule has 2 heterocycles. The number of hydrogen-bond donors (Lipinski definition) is 1. The third-order valence-corrected chi connectivity index (χ3v) is 4.82. The maximum Gasteiger partial charge on any atom is 0.314 e. The number of carbonyl (C=O) groups excluding carboxylic acids is 2. The Morgan fingerprint density at radius 3 is 2.50 bits per heavy atom. The zero-order valence-electron chi connectivity index (χ0n) is 13.2. The fraction of sp³-hybridized carbons (Fsp3) is 0.294. The van der Waals surface area contributed by atoms with Crippen LogP contribution in [0.1, 0.15) is 16.9 Å². The van der Waals surface area contributed by atoms with Gasteiger partial charge in [-0.15, -0.1) is 0 Å². The molecule has 7 heteroatoms. The number of amides is 3. The fourth-order valence-electron chi connectivity index (χ4n) is 2.91. The molecule has 0 radical (unpaired) electrons. The van der Waals surface area contributed by atoms with Crippen LogP contribution in [-0.2, 0) is 0 Å². The highest BCUT2D eigenvalue weighted by Crippen LogP contribution is 2.18. The molecular weight excluding hydrogens is 419 g/mol. The van der Waals surface area contributed by atoms with Crippen LogP contribution in [0.3, 0.4) is 0 Å². The lowest BCUT2D eigenvalue weighted by Gasteiger charge is -2.22. The Hall–Kier alpha value is -2.03. The van der Waals surface area contributed by atoms with Crippen molar-refractivity contribution in [1.82, 2.24) is 14.4 Å². The first kappa shape index (κ1) is 16.8. The summed E-state index contributed by atoms with van der Waals surface area (Å²) >= 11 is 2.26. The van der Waals surface area contributed by atoms with Crippen molar-refractivity contribution in [3.8, 4) is 5.69 Å². The maximum absolute atomic E-state index is 12.9. The van der Waals surface area contributed by atoms with E-state index in [1.165, 1.54) is 0 Å². The number of urea groups is 1. The van der Waals surface area contributed by atoms with E-state index >= 15 is 0 Å². The highest BCUT2D eigenvalue weighted by molar-refractivity contribution is 14.1. The minimum atomic E-state index is -0.425. The maximum atomic E-state index is 12.9. The zero-order chi connectivity index (χ0) is 17.1. The van der Waals surface area contributed by atoms with Crippen LogP contribution in [0.15, 0.2) is 42.6 Å². The van der Waals surface area contributed by atoms with Crippen LogP contribution in [0.4, 0.5) is 4.79 Å². The summed E-state index contributed by atoms with van der Waals surface area (Å²) in [6.07, 6.45) is 2.63. The minimum absolute atomic E-state index is 0.0230. The number of nitrogens with two attached hydrogens (primary N) is 1. The molecule has 3 rings (SSSR count). The van der Waals surface area contributed by atoms with Gasteiger partial charge in [0, 0.05) is 41.6 Å². The van der Waals surface area contributed by atoms with Gasteiger partial charge in [-0.2, -0.15) is 0 Å². The molecule has 6 nitrogen and oxygen atoms in total. The van der Waals surface area contributed by atoms with Gasteiger partial charge in [0.15, 0.2) is 0 Å². The largest absolute Gasteiger partial charge is 0.351 e. The van der Waals surface area contributed by atoms with Crippen molar-refractivity contribution in [2.24, 2.45) is 5.73 Å². The summed E-state index contributed by atoms with van der Waals surface area (Å²) in [5.41, 5.74) is 6.94. The lowest BCUT2D eigenvalue weighted by atomic mass is 10.3. The molecule has 1 fully saturated rings. The van der Waals surface area contributed by atoms with Gasteiger partial charge in [-0.05, 0) is 59.3 Å². The molecule has 1 aromatic heterocycles. The first-order chi connectivity index (χ1) is 11.6. The van der Waals surface area contributed by atoms with E-state index in [2.05, 4.69) is 22.6 Å². The van der Waals surface area contributed by atoms with E-state index in [4.69, 9.17) is 5.73 Å². The van der Waals surface area contributed by atoms with Gasteiger partial charge in [0.25, 0.3) is 5.91 Å². The quantitative estimate of drug-likeness (QED) is 0.732. The van der Waals surface area contributed by atoms with Crippen molar-refractivity contribution in [2.45, 2.75) is 6.42 Å². The predicted octanol–water partition coefficient (Wildman–Crippen LogP) is 2.31. The second-order valence-corrected chi connectivity index (χ2v) is 6.96. The lowest BCUT2D eigenvalue weighted by molar-refractivity contribution is 0.0754. The van der Waals surface area contributed by atoms with Crippen LogP contribution in [0.2, 0.25) is 0 Å². The molecule has 0 atom stereocenters. The molecule has 1 aliphatic rings. The topological polar surface area (TPSA) is 71.6 Å². The molecular formula is C17H19IN4O2. The molecule has 0 bridgehead atoms. The Morgan fingerprint density at radius 2 is 1.75 bits per heavy atom. The number of hydrogen-bond acceptors (Lipinski definition) is 2. The fourth-order valence-corrected chi connectivity index (χ4v) is 3.44. The third kappa shape index (κ3) is 3.55. The molecule has 0 saturated carbocycles. The van der Waals surface area contributed by atoms with Gasteiger partial charge < -0.3 is 20.1 Å². The van der Waals surface area contributed by atoms with Crippen molar-refractivity contribution < 1.29 is 9.59 Å². The van der Waals surface area contributed by atoms with E-state index in [0.717, 1.165) is 15.7 Å². The van der Waals surface area contributed by atoms with Gasteiger partial charge in [-0.1, -0.05) is 6.07 Å². The molecule has 2 aromatic rings. The number of benzene rings is 1. The molecule has 126 valence electrons. The lowest BCUT2D eigenvalue weighted by Crippen LogP contribution is -2.40. The number of carbonyl (C=O) groups is 2. The van der Waals surface area contributed by atoms with E-state index in [0.29, 0.717) is 31.9 Å². The summed E-state index contributed by atoms with van der Waals surface area (Å²) < 4.78 is 3.02. The summed E-state index contributed by atoms with van der Waals surface area (Å²) in [4.78, 5) is 27.6. The van der Waals surface area contributed by atoms with Gasteiger partial charge in [-0.25, -0.2) is 4.79 Å². The highest BCUT2D eigenvalue weighted by Gasteiger charge is 2.23. The SMILES string of the molecule is NC(=O)N1CCCN(C(=O)c2cccn2-c2cccc(I)c2)CC1. The van der Waals surface area contributed by atoms with Crippen LogP contribution in [0.5, 0.6) is 0 Å². The van der Waals surface area contributed by atoms with E-state index in [1.807, 2.05) is 47.2 Å². The number of rotatable bonds is 2. The Labute approximate surface area is 154 Å². The number of halogens is 1. The number of primary amides is 1. The highest BCUT2D eigenvalue weighted by atomic mass is 127. The summed E-state index contributed by atoms with van der Waals surface area (Å²) in [5, 5.41) is 0. The summed E-state index contributed by atoms with van der Waals surface area (Å²) in [6.45, 7) is 2.20. The van der Waals surface area contributed by atoms with Crippen LogP contribution < -0.4 is 5.73 Å². The van der Waals surface area contributed by atoms with E-state index < -0.39 is 6.03 Å². The third-order valence-electron chi connectivity index (χ3n) is 4.15. The molecule has 0 aliphatic carbocycles. The molecule has 1 aliphatic heterocycles. The normalized spacial score (nSPS) is 15.2. The number of aromatic nitrogens is 1. The van der Waals surface area contributed by atoms with Crippen LogP contribution in [-0.4, -0.2) is 52.5 Å². The van der Waals surface area contributed by atoms with Crippen molar-refractivity contribution >= 4 is 34.5 Å².